The maximum Gasteiger partial charge on any atom is 0.0951 e. The molecular weight excluding hydrogens is 200 g/mol. The zero-order valence-electron chi connectivity index (χ0n) is 9.68. The summed E-state index contributed by atoms with van der Waals surface area (Å²) < 4.78 is 2.35. The fourth-order valence-corrected chi connectivity index (χ4v) is 2.60. The number of rotatable bonds is 3. The van der Waals surface area contributed by atoms with E-state index >= 15 is 0 Å². The lowest BCUT2D eigenvalue weighted by molar-refractivity contribution is 0.197. The predicted molar refractivity (Wildman–Crippen MR) is 63.0 cm³/mol. The lowest BCUT2D eigenvalue weighted by atomic mass is 10.1. The molecule has 4 heteroatoms. The van der Waals surface area contributed by atoms with Crippen LogP contribution in [-0.4, -0.2) is 33.6 Å². The predicted octanol–water partition coefficient (Wildman–Crippen LogP) is 1.14. The second kappa shape index (κ2) is 4.18. The van der Waals surface area contributed by atoms with Crippen molar-refractivity contribution in [3.8, 4) is 0 Å². The van der Waals surface area contributed by atoms with Crippen LogP contribution >= 0.6 is 0 Å². The minimum absolute atomic E-state index is 0.367. The normalized spacial score (nSPS) is 27.2. The van der Waals surface area contributed by atoms with Gasteiger partial charge >= 0.3 is 0 Å². The highest BCUT2D eigenvalue weighted by atomic mass is 15.2. The van der Waals surface area contributed by atoms with Crippen LogP contribution in [0.3, 0.4) is 0 Å². The van der Waals surface area contributed by atoms with Crippen LogP contribution in [0.15, 0.2) is 12.5 Å². The molecule has 2 heterocycles. The van der Waals surface area contributed by atoms with Crippen molar-refractivity contribution < 1.29 is 0 Å². The minimum atomic E-state index is 0.367. The molecular formula is C12H20N4. The van der Waals surface area contributed by atoms with Crippen molar-refractivity contribution in [3.63, 3.8) is 0 Å². The molecule has 2 aliphatic rings. The van der Waals surface area contributed by atoms with Gasteiger partial charge in [-0.15, -0.1) is 0 Å². The maximum absolute atomic E-state index is 6.00. The van der Waals surface area contributed by atoms with E-state index in [-0.39, 0.29) is 0 Å². The molecule has 1 aliphatic carbocycles. The Morgan fingerprint density at radius 2 is 2.25 bits per heavy atom. The second-order valence-electron chi connectivity index (χ2n) is 5.16. The smallest absolute Gasteiger partial charge is 0.0951 e. The van der Waals surface area contributed by atoms with Crippen LogP contribution in [-0.2, 0) is 6.54 Å². The van der Waals surface area contributed by atoms with Crippen molar-refractivity contribution in [3.05, 3.63) is 18.2 Å². The Morgan fingerprint density at radius 1 is 1.38 bits per heavy atom. The Morgan fingerprint density at radius 3 is 3.00 bits per heavy atom. The van der Waals surface area contributed by atoms with Crippen molar-refractivity contribution in [2.45, 2.75) is 44.3 Å². The van der Waals surface area contributed by atoms with Gasteiger partial charge in [0.25, 0.3) is 0 Å². The fraction of sp³-hybridized carbons (Fsp3) is 0.750. The molecule has 0 radical (unpaired) electrons. The monoisotopic (exact) mass is 220 g/mol. The molecule has 0 unspecified atom stereocenters. The quantitative estimate of drug-likeness (QED) is 0.831. The number of aromatic nitrogens is 2. The van der Waals surface area contributed by atoms with Crippen LogP contribution in [0.4, 0.5) is 0 Å². The first-order chi connectivity index (χ1) is 7.83. The number of nitrogens with zero attached hydrogens (tertiary/aromatic N) is 3. The summed E-state index contributed by atoms with van der Waals surface area (Å²) in [6.07, 6.45) is 9.05. The van der Waals surface area contributed by atoms with E-state index in [0.29, 0.717) is 6.04 Å². The molecule has 0 aromatic carbocycles. The van der Waals surface area contributed by atoms with Gasteiger partial charge < -0.3 is 10.3 Å². The van der Waals surface area contributed by atoms with Crippen molar-refractivity contribution in [2.75, 3.05) is 13.1 Å². The molecule has 1 aromatic rings. The Kier molecular flexibility index (Phi) is 2.69. The highest BCUT2D eigenvalue weighted by Gasteiger charge is 2.26. The van der Waals surface area contributed by atoms with Gasteiger partial charge in [0.2, 0.25) is 0 Å². The van der Waals surface area contributed by atoms with Crippen LogP contribution in [0.25, 0.3) is 0 Å². The number of piperidine rings is 1. The molecule has 1 aromatic heterocycles. The molecule has 1 aliphatic heterocycles. The molecule has 2 fully saturated rings. The van der Waals surface area contributed by atoms with Crippen LogP contribution in [0, 0.1) is 0 Å². The number of hydrogen-bond donors (Lipinski definition) is 1. The van der Waals surface area contributed by atoms with Gasteiger partial charge in [-0.2, -0.15) is 0 Å². The number of imidazole rings is 1. The van der Waals surface area contributed by atoms with Crippen molar-refractivity contribution in [1.82, 2.24) is 14.5 Å². The second-order valence-corrected chi connectivity index (χ2v) is 5.16. The first kappa shape index (κ1) is 10.3. The summed E-state index contributed by atoms with van der Waals surface area (Å²) in [7, 11) is 0. The summed E-state index contributed by atoms with van der Waals surface area (Å²) in [5.74, 6) is 0. The third-order valence-electron chi connectivity index (χ3n) is 3.61. The topological polar surface area (TPSA) is 47.1 Å². The number of likely N-dealkylation sites (tertiary alicyclic amines) is 1. The molecule has 3 rings (SSSR count). The van der Waals surface area contributed by atoms with E-state index in [9.17, 15) is 0 Å². The Bertz CT molecular complexity index is 356. The third-order valence-corrected chi connectivity index (χ3v) is 3.61. The molecule has 88 valence electrons. The van der Waals surface area contributed by atoms with Gasteiger partial charge in [0, 0.05) is 31.4 Å². The first-order valence-electron chi connectivity index (χ1n) is 6.31. The van der Waals surface area contributed by atoms with E-state index in [1.54, 1.807) is 0 Å². The van der Waals surface area contributed by atoms with Crippen LogP contribution < -0.4 is 5.73 Å². The van der Waals surface area contributed by atoms with Gasteiger partial charge in [0.1, 0.15) is 0 Å². The lowest BCUT2D eigenvalue weighted by Crippen LogP contribution is -2.42. The van der Waals surface area contributed by atoms with Gasteiger partial charge in [-0.25, -0.2) is 4.98 Å². The fourth-order valence-electron chi connectivity index (χ4n) is 2.60. The standard InChI is InChI=1S/C12H20N4/c13-10-2-1-5-15(7-10)8-12-6-14-9-16(12)11-3-4-11/h6,9-11H,1-5,7-8,13H2/t10-/m1/s1. The Labute approximate surface area is 96.4 Å². The first-order valence-corrected chi connectivity index (χ1v) is 6.31. The summed E-state index contributed by atoms with van der Waals surface area (Å²) in [5.41, 5.74) is 7.36. The minimum Gasteiger partial charge on any atom is -0.330 e. The summed E-state index contributed by atoms with van der Waals surface area (Å²) in [6, 6.07) is 1.10. The van der Waals surface area contributed by atoms with Crippen molar-refractivity contribution >= 4 is 0 Å². The van der Waals surface area contributed by atoms with E-state index < -0.39 is 0 Å². The highest BCUT2D eigenvalue weighted by molar-refractivity contribution is 5.03. The highest BCUT2D eigenvalue weighted by Crippen LogP contribution is 2.35. The third kappa shape index (κ3) is 2.13. The molecule has 16 heavy (non-hydrogen) atoms. The van der Waals surface area contributed by atoms with Crippen LogP contribution in [0.1, 0.15) is 37.4 Å². The largest absolute Gasteiger partial charge is 0.330 e. The number of nitrogens with two attached hydrogens (primary N) is 1. The summed E-state index contributed by atoms with van der Waals surface area (Å²) in [5, 5.41) is 0. The molecule has 0 spiro atoms. The van der Waals surface area contributed by atoms with E-state index in [4.69, 9.17) is 5.73 Å². The molecule has 1 atom stereocenters. The van der Waals surface area contributed by atoms with Gasteiger partial charge in [-0.1, -0.05) is 0 Å². The van der Waals surface area contributed by atoms with Crippen molar-refractivity contribution in [1.29, 1.82) is 0 Å². The molecule has 1 saturated carbocycles. The molecule has 1 saturated heterocycles. The lowest BCUT2D eigenvalue weighted by Gasteiger charge is -2.30. The van der Waals surface area contributed by atoms with Crippen molar-refractivity contribution in [2.24, 2.45) is 5.73 Å². The summed E-state index contributed by atoms with van der Waals surface area (Å²) in [4.78, 5) is 6.74. The van der Waals surface area contributed by atoms with Gasteiger partial charge in [0.15, 0.2) is 0 Å². The van der Waals surface area contributed by atoms with Gasteiger partial charge in [-0.05, 0) is 32.2 Å². The van der Waals surface area contributed by atoms with Gasteiger partial charge in [-0.3, -0.25) is 4.90 Å². The zero-order chi connectivity index (χ0) is 11.0. The maximum atomic E-state index is 6.00. The van der Waals surface area contributed by atoms with E-state index in [1.807, 2.05) is 12.5 Å². The molecule has 0 amide bonds. The average molecular weight is 220 g/mol. The average Bonchev–Trinajstić information content (AvgIpc) is 3.00. The molecule has 4 nitrogen and oxygen atoms in total. The molecule has 0 bridgehead atoms. The Balaban J connectivity index is 1.66. The SMILES string of the molecule is N[C@@H]1CCCN(Cc2cncn2C2CC2)C1. The zero-order valence-corrected chi connectivity index (χ0v) is 9.68. The molecule has 2 N–H and O–H groups in total. The summed E-state index contributed by atoms with van der Waals surface area (Å²) >= 11 is 0. The summed E-state index contributed by atoms with van der Waals surface area (Å²) in [6.45, 7) is 3.24. The van der Waals surface area contributed by atoms with Crippen LogP contribution in [0.2, 0.25) is 0 Å². The Hall–Kier alpha value is -0.870. The van der Waals surface area contributed by atoms with Crippen LogP contribution in [0.5, 0.6) is 0 Å². The number of hydrogen-bond acceptors (Lipinski definition) is 3. The van der Waals surface area contributed by atoms with E-state index in [2.05, 4.69) is 14.5 Å². The van der Waals surface area contributed by atoms with E-state index in [0.717, 1.165) is 19.1 Å². The van der Waals surface area contributed by atoms with Gasteiger partial charge in [0.05, 0.1) is 12.0 Å². The van der Waals surface area contributed by atoms with E-state index in [1.165, 1.54) is 37.9 Å².